The topological polar surface area (TPSA) is 60.7 Å². The van der Waals surface area contributed by atoms with E-state index in [0.717, 1.165) is 22.2 Å². The first-order chi connectivity index (χ1) is 11.1. The highest BCUT2D eigenvalue weighted by Crippen LogP contribution is 2.26. The van der Waals surface area contributed by atoms with Gasteiger partial charge in [0.15, 0.2) is 0 Å². The molecular weight excluding hydrogens is 294 g/mol. The highest BCUT2D eigenvalue weighted by Gasteiger charge is 2.15. The molecule has 0 aliphatic heterocycles. The van der Waals surface area contributed by atoms with Crippen molar-refractivity contribution in [3.8, 4) is 11.5 Å². The van der Waals surface area contributed by atoms with Crippen LogP contribution in [0.2, 0.25) is 0 Å². The minimum absolute atomic E-state index is 0.246. The van der Waals surface area contributed by atoms with Crippen molar-refractivity contribution in [1.82, 2.24) is 4.57 Å². The lowest BCUT2D eigenvalue weighted by Gasteiger charge is -2.10. The van der Waals surface area contributed by atoms with Crippen LogP contribution in [0.1, 0.15) is 16.1 Å². The van der Waals surface area contributed by atoms with Crippen molar-refractivity contribution < 1.29 is 19.4 Å². The molecule has 0 atom stereocenters. The van der Waals surface area contributed by atoms with Gasteiger partial charge < -0.3 is 19.1 Å². The van der Waals surface area contributed by atoms with Crippen LogP contribution < -0.4 is 9.47 Å². The van der Waals surface area contributed by atoms with E-state index in [4.69, 9.17) is 9.47 Å². The zero-order valence-electron chi connectivity index (χ0n) is 12.9. The summed E-state index contributed by atoms with van der Waals surface area (Å²) in [6, 6.07) is 14.8. The lowest BCUT2D eigenvalue weighted by Crippen LogP contribution is -2.09. The van der Waals surface area contributed by atoms with Crippen molar-refractivity contribution in [3.05, 3.63) is 59.8 Å². The number of carbonyl (C=O) groups is 1. The summed E-state index contributed by atoms with van der Waals surface area (Å²) in [4.78, 5) is 11.6. The van der Waals surface area contributed by atoms with Crippen LogP contribution in [0.5, 0.6) is 11.5 Å². The van der Waals surface area contributed by atoms with Crippen LogP contribution in [0.4, 0.5) is 0 Å². The van der Waals surface area contributed by atoms with Gasteiger partial charge in [0.05, 0.1) is 14.2 Å². The molecule has 0 aliphatic carbocycles. The highest BCUT2D eigenvalue weighted by molar-refractivity contribution is 5.95. The van der Waals surface area contributed by atoms with Crippen LogP contribution in [0, 0.1) is 0 Å². The molecule has 0 saturated carbocycles. The average molecular weight is 311 g/mol. The number of carboxylic acids is 1. The molecule has 5 nitrogen and oxygen atoms in total. The van der Waals surface area contributed by atoms with E-state index in [9.17, 15) is 9.90 Å². The maximum absolute atomic E-state index is 11.6. The van der Waals surface area contributed by atoms with Crippen molar-refractivity contribution in [1.29, 1.82) is 0 Å². The summed E-state index contributed by atoms with van der Waals surface area (Å²) in [6.07, 6.45) is 0. The molecule has 1 N–H and O–H groups in total. The fraction of sp³-hybridized carbons (Fsp3) is 0.167. The zero-order chi connectivity index (χ0) is 16.4. The van der Waals surface area contributed by atoms with Crippen molar-refractivity contribution in [2.24, 2.45) is 0 Å². The molecule has 5 heteroatoms. The van der Waals surface area contributed by atoms with Crippen molar-refractivity contribution in [2.45, 2.75) is 6.54 Å². The first-order valence-electron chi connectivity index (χ1n) is 7.16. The number of fused-ring (bicyclic) bond motifs is 1. The molecular formula is C18H17NO4. The van der Waals surface area contributed by atoms with Crippen LogP contribution in [0.15, 0.2) is 48.5 Å². The summed E-state index contributed by atoms with van der Waals surface area (Å²) in [5, 5.41) is 10.3. The summed E-state index contributed by atoms with van der Waals surface area (Å²) in [7, 11) is 3.20. The van der Waals surface area contributed by atoms with Gasteiger partial charge in [-0.2, -0.15) is 0 Å². The first-order valence-corrected chi connectivity index (χ1v) is 7.16. The number of ether oxygens (including phenoxy) is 2. The van der Waals surface area contributed by atoms with Crippen LogP contribution in [0.3, 0.4) is 0 Å². The van der Waals surface area contributed by atoms with Crippen LogP contribution >= 0.6 is 0 Å². The molecule has 2 aromatic carbocycles. The SMILES string of the molecule is COc1cccc(Cn2c(C(=O)O)cc3cc(OC)ccc32)c1. The summed E-state index contributed by atoms with van der Waals surface area (Å²) in [6.45, 7) is 0.453. The fourth-order valence-corrected chi connectivity index (χ4v) is 2.68. The zero-order valence-corrected chi connectivity index (χ0v) is 12.9. The van der Waals surface area contributed by atoms with Gasteiger partial charge in [-0.1, -0.05) is 12.1 Å². The number of aromatic nitrogens is 1. The monoisotopic (exact) mass is 311 g/mol. The summed E-state index contributed by atoms with van der Waals surface area (Å²) >= 11 is 0. The van der Waals surface area contributed by atoms with Gasteiger partial charge in [-0.25, -0.2) is 4.79 Å². The second-order valence-corrected chi connectivity index (χ2v) is 5.20. The summed E-state index contributed by atoms with van der Waals surface area (Å²) < 4.78 is 12.2. The Morgan fingerprint density at radius 2 is 1.78 bits per heavy atom. The fourth-order valence-electron chi connectivity index (χ4n) is 2.68. The van der Waals surface area contributed by atoms with Gasteiger partial charge in [0.2, 0.25) is 0 Å². The van der Waals surface area contributed by atoms with Crippen LogP contribution in [0.25, 0.3) is 10.9 Å². The third-order valence-corrected chi connectivity index (χ3v) is 3.80. The number of hydrogen-bond donors (Lipinski definition) is 1. The maximum Gasteiger partial charge on any atom is 0.352 e. The molecule has 23 heavy (non-hydrogen) atoms. The second kappa shape index (κ2) is 6.04. The molecule has 0 bridgehead atoms. The third-order valence-electron chi connectivity index (χ3n) is 3.80. The van der Waals surface area contributed by atoms with Crippen molar-refractivity contribution >= 4 is 16.9 Å². The first kappa shape index (κ1) is 15.0. The number of aromatic carboxylic acids is 1. The summed E-state index contributed by atoms with van der Waals surface area (Å²) in [5.41, 5.74) is 2.07. The molecule has 118 valence electrons. The molecule has 0 unspecified atom stereocenters. The Kier molecular flexibility index (Phi) is 3.93. The smallest absolute Gasteiger partial charge is 0.352 e. The molecule has 0 amide bonds. The molecule has 3 rings (SSSR count). The lowest BCUT2D eigenvalue weighted by molar-refractivity contribution is 0.0686. The van der Waals surface area contributed by atoms with E-state index < -0.39 is 5.97 Å². The predicted octanol–water partition coefficient (Wildman–Crippen LogP) is 3.41. The Morgan fingerprint density at radius 1 is 1.04 bits per heavy atom. The van der Waals surface area contributed by atoms with Gasteiger partial charge in [-0.15, -0.1) is 0 Å². The molecule has 0 aliphatic rings. The second-order valence-electron chi connectivity index (χ2n) is 5.20. The normalized spacial score (nSPS) is 10.7. The molecule has 3 aromatic rings. The number of rotatable bonds is 5. The Hall–Kier alpha value is -2.95. The Morgan fingerprint density at radius 3 is 2.48 bits per heavy atom. The number of methoxy groups -OCH3 is 2. The van der Waals surface area contributed by atoms with E-state index in [0.29, 0.717) is 12.3 Å². The minimum Gasteiger partial charge on any atom is -0.497 e. The minimum atomic E-state index is -0.955. The Balaban J connectivity index is 2.10. The number of carboxylic acid groups (broad SMARTS) is 1. The Bertz CT molecular complexity index is 867. The average Bonchev–Trinajstić information content (AvgIpc) is 2.93. The van der Waals surface area contributed by atoms with Gasteiger partial charge in [0, 0.05) is 17.4 Å². The molecule has 1 heterocycles. The number of hydrogen-bond acceptors (Lipinski definition) is 3. The third kappa shape index (κ3) is 2.85. The van der Waals surface area contributed by atoms with Crippen molar-refractivity contribution in [3.63, 3.8) is 0 Å². The van der Waals surface area contributed by atoms with Gasteiger partial charge in [-0.05, 0) is 42.0 Å². The number of nitrogens with zero attached hydrogens (tertiary/aromatic N) is 1. The van der Waals surface area contributed by atoms with E-state index in [1.165, 1.54) is 0 Å². The lowest BCUT2D eigenvalue weighted by atomic mass is 10.2. The van der Waals surface area contributed by atoms with Gasteiger partial charge in [0.1, 0.15) is 17.2 Å². The van der Waals surface area contributed by atoms with E-state index in [1.807, 2.05) is 42.5 Å². The standard InChI is InChI=1S/C18H17NO4/c1-22-14-5-3-4-12(8-14)11-19-16-7-6-15(23-2)9-13(16)10-17(19)18(20)21/h3-10H,11H2,1-2H3,(H,20,21). The molecule has 0 fully saturated rings. The largest absolute Gasteiger partial charge is 0.497 e. The number of benzene rings is 2. The quantitative estimate of drug-likeness (QED) is 0.784. The van der Waals surface area contributed by atoms with E-state index in [-0.39, 0.29) is 5.69 Å². The van der Waals surface area contributed by atoms with Crippen molar-refractivity contribution in [2.75, 3.05) is 14.2 Å². The Labute approximate surface area is 133 Å². The van der Waals surface area contributed by atoms with E-state index >= 15 is 0 Å². The molecule has 1 aromatic heterocycles. The van der Waals surface area contributed by atoms with E-state index in [1.54, 1.807) is 24.9 Å². The molecule has 0 saturated heterocycles. The highest BCUT2D eigenvalue weighted by atomic mass is 16.5. The van der Waals surface area contributed by atoms with Crippen LogP contribution in [-0.4, -0.2) is 29.9 Å². The summed E-state index contributed by atoms with van der Waals surface area (Å²) in [5.74, 6) is 0.494. The van der Waals surface area contributed by atoms with Gasteiger partial charge in [0.25, 0.3) is 0 Å². The maximum atomic E-state index is 11.6. The van der Waals surface area contributed by atoms with E-state index in [2.05, 4.69) is 0 Å². The van der Waals surface area contributed by atoms with Gasteiger partial charge >= 0.3 is 5.97 Å². The van der Waals surface area contributed by atoms with Gasteiger partial charge in [-0.3, -0.25) is 0 Å². The van der Waals surface area contributed by atoms with Crippen LogP contribution in [-0.2, 0) is 6.54 Å². The predicted molar refractivity (Wildman–Crippen MR) is 87.5 cm³/mol. The molecule has 0 spiro atoms. The molecule has 0 radical (unpaired) electrons.